The molecule has 1 aromatic heterocycles. The molecule has 2 unspecified atom stereocenters. The summed E-state index contributed by atoms with van der Waals surface area (Å²) in [6.45, 7) is 5.07. The van der Waals surface area contributed by atoms with Crippen molar-refractivity contribution >= 4 is 34.0 Å². The molecule has 2 saturated heterocycles. The van der Waals surface area contributed by atoms with Gasteiger partial charge in [-0.3, -0.25) is 0 Å². The average Bonchev–Trinajstić information content (AvgIpc) is 3.41. The third-order valence-electron chi connectivity index (χ3n) is 6.42. The first-order valence-electron chi connectivity index (χ1n) is 11.2. The first kappa shape index (κ1) is 22.1. The van der Waals surface area contributed by atoms with Crippen LogP contribution in [0.1, 0.15) is 12.8 Å². The normalized spacial score (nSPS) is 20.2. The Morgan fingerprint density at radius 2 is 2.12 bits per heavy atom. The molecular formula is C24H27ClFN5O2. The Morgan fingerprint density at radius 1 is 1.21 bits per heavy atom. The molecule has 3 aromatic rings. The number of aromatic nitrogens is 2. The van der Waals surface area contributed by atoms with Crippen molar-refractivity contribution in [2.45, 2.75) is 18.9 Å². The summed E-state index contributed by atoms with van der Waals surface area (Å²) in [7, 11) is 1.62. The molecule has 2 atom stereocenters. The fraction of sp³-hybridized carbons (Fsp3) is 0.417. The highest BCUT2D eigenvalue weighted by molar-refractivity contribution is 6.31. The molecule has 2 fully saturated rings. The predicted molar refractivity (Wildman–Crippen MR) is 127 cm³/mol. The first-order valence-corrected chi connectivity index (χ1v) is 11.6. The summed E-state index contributed by atoms with van der Waals surface area (Å²) in [4.78, 5) is 11.2. The van der Waals surface area contributed by atoms with E-state index in [0.717, 1.165) is 37.4 Å². The molecule has 2 aromatic carbocycles. The van der Waals surface area contributed by atoms with Crippen molar-refractivity contribution in [3.63, 3.8) is 0 Å². The van der Waals surface area contributed by atoms with Crippen LogP contribution in [0.5, 0.6) is 11.5 Å². The lowest BCUT2D eigenvalue weighted by molar-refractivity contribution is 0.247. The van der Waals surface area contributed by atoms with Gasteiger partial charge in [-0.15, -0.1) is 0 Å². The number of rotatable bonds is 8. The summed E-state index contributed by atoms with van der Waals surface area (Å²) in [6.07, 6.45) is 3.69. The lowest BCUT2D eigenvalue weighted by Gasteiger charge is -2.17. The van der Waals surface area contributed by atoms with Crippen molar-refractivity contribution in [3.05, 3.63) is 47.5 Å². The molecule has 33 heavy (non-hydrogen) atoms. The molecular weight excluding hydrogens is 445 g/mol. The Labute approximate surface area is 197 Å². The second kappa shape index (κ2) is 9.67. The number of likely N-dealkylation sites (tertiary alicyclic amines) is 1. The third kappa shape index (κ3) is 4.83. The van der Waals surface area contributed by atoms with Gasteiger partial charge in [-0.05, 0) is 49.6 Å². The van der Waals surface area contributed by atoms with Gasteiger partial charge in [0.05, 0.1) is 24.3 Å². The molecule has 0 amide bonds. The SMILES string of the molecule is COc1cc2ncnc(Nc3ccc(F)c(Cl)c3)c2cc1OCCCN1CC2CCNC2C1. The van der Waals surface area contributed by atoms with Gasteiger partial charge in [0.25, 0.3) is 0 Å². The van der Waals surface area contributed by atoms with Crippen LogP contribution >= 0.6 is 11.6 Å². The van der Waals surface area contributed by atoms with Crippen LogP contribution in [-0.2, 0) is 0 Å². The quantitative estimate of drug-likeness (QED) is 0.476. The molecule has 0 spiro atoms. The van der Waals surface area contributed by atoms with Crippen molar-refractivity contribution in [1.82, 2.24) is 20.2 Å². The van der Waals surface area contributed by atoms with Crippen molar-refractivity contribution in [1.29, 1.82) is 0 Å². The van der Waals surface area contributed by atoms with Gasteiger partial charge >= 0.3 is 0 Å². The molecule has 174 valence electrons. The number of hydrogen-bond donors (Lipinski definition) is 2. The van der Waals surface area contributed by atoms with E-state index in [2.05, 4.69) is 25.5 Å². The van der Waals surface area contributed by atoms with E-state index in [9.17, 15) is 4.39 Å². The van der Waals surface area contributed by atoms with E-state index in [1.807, 2.05) is 12.1 Å². The van der Waals surface area contributed by atoms with Crippen molar-refractivity contribution in [3.8, 4) is 11.5 Å². The Balaban J connectivity index is 1.28. The summed E-state index contributed by atoms with van der Waals surface area (Å²) in [5.74, 6) is 2.17. The number of fused-ring (bicyclic) bond motifs is 2. The topological polar surface area (TPSA) is 71.5 Å². The fourth-order valence-electron chi connectivity index (χ4n) is 4.74. The maximum atomic E-state index is 13.5. The number of nitrogens with one attached hydrogen (secondary N) is 2. The Morgan fingerprint density at radius 3 is 2.94 bits per heavy atom. The number of benzene rings is 2. The monoisotopic (exact) mass is 471 g/mol. The van der Waals surface area contributed by atoms with E-state index in [1.54, 1.807) is 13.2 Å². The number of anilines is 2. The van der Waals surface area contributed by atoms with E-state index < -0.39 is 5.82 Å². The zero-order chi connectivity index (χ0) is 22.8. The lowest BCUT2D eigenvalue weighted by Crippen LogP contribution is -2.31. The highest BCUT2D eigenvalue weighted by atomic mass is 35.5. The van der Waals surface area contributed by atoms with Crippen LogP contribution in [0.2, 0.25) is 5.02 Å². The maximum absolute atomic E-state index is 13.5. The zero-order valence-electron chi connectivity index (χ0n) is 18.5. The van der Waals surface area contributed by atoms with Crippen molar-refractivity contribution < 1.29 is 13.9 Å². The molecule has 3 heterocycles. The third-order valence-corrected chi connectivity index (χ3v) is 6.71. The zero-order valence-corrected chi connectivity index (χ0v) is 19.2. The van der Waals surface area contributed by atoms with Crippen LogP contribution in [0.3, 0.4) is 0 Å². The maximum Gasteiger partial charge on any atom is 0.162 e. The van der Waals surface area contributed by atoms with Gasteiger partial charge in [0.1, 0.15) is 18.0 Å². The summed E-state index contributed by atoms with van der Waals surface area (Å²) in [5.41, 5.74) is 1.34. The van der Waals surface area contributed by atoms with E-state index in [1.165, 1.54) is 31.4 Å². The Bertz CT molecular complexity index is 1140. The molecule has 0 aliphatic carbocycles. The van der Waals surface area contributed by atoms with Crippen LogP contribution in [0.15, 0.2) is 36.7 Å². The molecule has 2 N–H and O–H groups in total. The second-order valence-electron chi connectivity index (χ2n) is 8.57. The summed E-state index contributed by atoms with van der Waals surface area (Å²) >= 11 is 5.92. The van der Waals surface area contributed by atoms with Gasteiger partial charge in [-0.25, -0.2) is 14.4 Å². The van der Waals surface area contributed by atoms with Gasteiger partial charge in [0.15, 0.2) is 11.5 Å². The Kier molecular flexibility index (Phi) is 6.48. The first-order chi connectivity index (χ1) is 16.1. The van der Waals surface area contributed by atoms with Crippen LogP contribution in [0.25, 0.3) is 10.9 Å². The molecule has 2 aliphatic heterocycles. The molecule has 0 bridgehead atoms. The minimum atomic E-state index is -0.469. The largest absolute Gasteiger partial charge is 0.493 e. The number of ether oxygens (including phenoxy) is 2. The van der Waals surface area contributed by atoms with E-state index in [-0.39, 0.29) is 5.02 Å². The van der Waals surface area contributed by atoms with Gasteiger partial charge in [-0.2, -0.15) is 0 Å². The van der Waals surface area contributed by atoms with Crippen LogP contribution in [-0.4, -0.2) is 60.8 Å². The molecule has 2 aliphatic rings. The van der Waals surface area contributed by atoms with Crippen LogP contribution in [0, 0.1) is 11.7 Å². The van der Waals surface area contributed by atoms with Crippen molar-refractivity contribution in [2.24, 2.45) is 5.92 Å². The standard InChI is InChI=1S/C24H27ClFN5O2/c1-32-22-11-20-17(24(29-14-28-20)30-16-3-4-19(26)18(25)9-16)10-23(22)33-8-2-7-31-12-15-5-6-27-21(15)13-31/h3-4,9-11,14-15,21,27H,2,5-8,12-13H2,1H3,(H,28,29,30). The Hall–Kier alpha value is -2.68. The summed E-state index contributed by atoms with van der Waals surface area (Å²) in [6, 6.07) is 8.82. The minimum Gasteiger partial charge on any atom is -0.493 e. The van der Waals surface area contributed by atoms with Crippen molar-refractivity contribution in [2.75, 3.05) is 45.2 Å². The average molecular weight is 472 g/mol. The van der Waals surface area contributed by atoms with E-state index >= 15 is 0 Å². The second-order valence-corrected chi connectivity index (χ2v) is 8.97. The number of hydrogen-bond acceptors (Lipinski definition) is 7. The van der Waals surface area contributed by atoms with Crippen LogP contribution in [0.4, 0.5) is 15.9 Å². The van der Waals surface area contributed by atoms with Gasteiger partial charge in [-0.1, -0.05) is 11.6 Å². The van der Waals surface area contributed by atoms with E-state index in [0.29, 0.717) is 41.2 Å². The fourth-order valence-corrected chi connectivity index (χ4v) is 4.92. The van der Waals surface area contributed by atoms with Gasteiger partial charge in [0, 0.05) is 42.8 Å². The lowest BCUT2D eigenvalue weighted by atomic mass is 10.1. The molecule has 7 nitrogen and oxygen atoms in total. The highest BCUT2D eigenvalue weighted by Crippen LogP contribution is 2.35. The van der Waals surface area contributed by atoms with Gasteiger partial charge < -0.3 is 25.0 Å². The summed E-state index contributed by atoms with van der Waals surface area (Å²) < 4.78 is 25.2. The summed E-state index contributed by atoms with van der Waals surface area (Å²) in [5, 5.41) is 7.60. The number of nitrogens with zero attached hydrogens (tertiary/aromatic N) is 3. The van der Waals surface area contributed by atoms with Crippen LogP contribution < -0.4 is 20.1 Å². The smallest absolute Gasteiger partial charge is 0.162 e. The predicted octanol–water partition coefficient (Wildman–Crippen LogP) is 4.24. The van der Waals surface area contributed by atoms with Gasteiger partial charge in [0.2, 0.25) is 0 Å². The van der Waals surface area contributed by atoms with E-state index in [4.69, 9.17) is 21.1 Å². The number of methoxy groups -OCH3 is 1. The molecule has 5 rings (SSSR count). The highest BCUT2D eigenvalue weighted by Gasteiger charge is 2.35. The molecule has 9 heteroatoms. The number of halogens is 2. The minimum absolute atomic E-state index is 0.0430. The molecule has 0 saturated carbocycles. The molecule has 0 radical (unpaired) electrons.